The third kappa shape index (κ3) is 4.25. The van der Waals surface area contributed by atoms with Crippen molar-refractivity contribution in [3.63, 3.8) is 0 Å². The van der Waals surface area contributed by atoms with Gasteiger partial charge in [0.2, 0.25) is 5.91 Å². The van der Waals surface area contributed by atoms with Crippen LogP contribution in [-0.4, -0.2) is 67.8 Å². The van der Waals surface area contributed by atoms with Crippen LogP contribution in [-0.2, 0) is 24.2 Å². The number of ether oxygens (including phenoxy) is 1. The molecule has 2 fully saturated rings. The van der Waals surface area contributed by atoms with E-state index in [1.165, 1.54) is 5.01 Å². The molecule has 0 aromatic carbocycles. The first-order valence-electron chi connectivity index (χ1n) is 9.26. The molecule has 1 N–H and O–H groups in total. The second-order valence-electron chi connectivity index (χ2n) is 7.68. The van der Waals surface area contributed by atoms with Crippen LogP contribution in [0.5, 0.6) is 0 Å². The van der Waals surface area contributed by atoms with Gasteiger partial charge in [0.05, 0.1) is 23.7 Å². The van der Waals surface area contributed by atoms with Crippen LogP contribution in [0.2, 0.25) is 0 Å². The predicted octanol–water partition coefficient (Wildman–Crippen LogP) is 0.329. The molecule has 3 atom stereocenters. The molecule has 0 aromatic heterocycles. The van der Waals surface area contributed by atoms with Gasteiger partial charge in [0.15, 0.2) is 9.84 Å². The van der Waals surface area contributed by atoms with E-state index in [1.807, 2.05) is 0 Å². The lowest BCUT2D eigenvalue weighted by atomic mass is 9.93. The molecule has 8 nitrogen and oxygen atoms in total. The Labute approximate surface area is 154 Å². The van der Waals surface area contributed by atoms with E-state index in [0.29, 0.717) is 31.2 Å². The second-order valence-corrected chi connectivity index (χ2v) is 9.91. The molecule has 0 radical (unpaired) electrons. The average molecular weight is 385 g/mol. The highest BCUT2D eigenvalue weighted by atomic mass is 32.2. The molecule has 146 valence electrons. The molecule has 3 heterocycles. The van der Waals surface area contributed by atoms with Crippen molar-refractivity contribution in [1.82, 2.24) is 10.3 Å². The van der Waals surface area contributed by atoms with Crippen molar-refractivity contribution in [3.05, 3.63) is 0 Å². The minimum Gasteiger partial charge on any atom is -0.378 e. The third-order valence-electron chi connectivity index (χ3n) is 5.32. The number of rotatable bonds is 5. The molecule has 26 heavy (non-hydrogen) atoms. The molecular formula is C17H27N3O5S. The minimum atomic E-state index is -3.12. The zero-order valence-corrected chi connectivity index (χ0v) is 16.1. The third-order valence-corrected chi connectivity index (χ3v) is 7.07. The number of hydrogen-bond donors (Lipinski definition) is 1. The van der Waals surface area contributed by atoms with Gasteiger partial charge in [-0.15, -0.1) is 0 Å². The molecule has 2 amide bonds. The molecule has 0 aliphatic carbocycles. The first-order chi connectivity index (χ1) is 12.3. The van der Waals surface area contributed by atoms with Gasteiger partial charge in [0.1, 0.15) is 5.71 Å². The van der Waals surface area contributed by atoms with Crippen LogP contribution in [0.4, 0.5) is 0 Å². The molecule has 3 aliphatic heterocycles. The Morgan fingerprint density at radius 3 is 2.77 bits per heavy atom. The van der Waals surface area contributed by atoms with Crippen LogP contribution < -0.4 is 5.32 Å². The molecule has 9 heteroatoms. The molecule has 3 aliphatic rings. The fraction of sp³-hybridized carbons (Fsp3) is 0.824. The smallest absolute Gasteiger partial charge is 0.267 e. The summed E-state index contributed by atoms with van der Waals surface area (Å²) in [6.45, 7) is 5.44. The summed E-state index contributed by atoms with van der Waals surface area (Å²) < 4.78 is 29.1. The van der Waals surface area contributed by atoms with Gasteiger partial charge >= 0.3 is 0 Å². The van der Waals surface area contributed by atoms with Crippen LogP contribution >= 0.6 is 0 Å². The summed E-state index contributed by atoms with van der Waals surface area (Å²) in [5.74, 6) is 0.166. The summed E-state index contributed by atoms with van der Waals surface area (Å²) in [4.78, 5) is 24.6. The van der Waals surface area contributed by atoms with E-state index < -0.39 is 15.9 Å². The Hall–Kier alpha value is -1.48. The van der Waals surface area contributed by atoms with Gasteiger partial charge in [0.25, 0.3) is 5.91 Å². The lowest BCUT2D eigenvalue weighted by molar-refractivity contribution is -0.133. The lowest BCUT2D eigenvalue weighted by Gasteiger charge is -2.28. The van der Waals surface area contributed by atoms with E-state index in [2.05, 4.69) is 24.3 Å². The Bertz CT molecular complexity index is 703. The van der Waals surface area contributed by atoms with Crippen LogP contribution in [0, 0.1) is 11.8 Å². The number of sulfone groups is 1. The summed E-state index contributed by atoms with van der Waals surface area (Å²) in [7, 11) is -3.12. The first-order valence-corrected chi connectivity index (χ1v) is 11.1. The van der Waals surface area contributed by atoms with E-state index in [-0.39, 0.29) is 48.2 Å². The topological polar surface area (TPSA) is 105 Å². The monoisotopic (exact) mass is 385 g/mol. The summed E-state index contributed by atoms with van der Waals surface area (Å²) >= 11 is 0. The normalized spacial score (nSPS) is 31.3. The molecule has 0 spiro atoms. The van der Waals surface area contributed by atoms with Crippen molar-refractivity contribution in [2.45, 2.75) is 51.7 Å². The Kier molecular flexibility index (Phi) is 5.67. The predicted molar refractivity (Wildman–Crippen MR) is 96.3 cm³/mol. The van der Waals surface area contributed by atoms with Crippen molar-refractivity contribution in [1.29, 1.82) is 0 Å². The van der Waals surface area contributed by atoms with Gasteiger partial charge in [0, 0.05) is 31.9 Å². The number of carbonyl (C=O) groups excluding carboxylic acids is 2. The molecule has 0 saturated carbocycles. The van der Waals surface area contributed by atoms with E-state index in [1.54, 1.807) is 0 Å². The zero-order chi connectivity index (χ0) is 18.9. The quantitative estimate of drug-likeness (QED) is 0.734. The van der Waals surface area contributed by atoms with E-state index in [9.17, 15) is 18.0 Å². The Morgan fingerprint density at radius 2 is 2.12 bits per heavy atom. The summed E-state index contributed by atoms with van der Waals surface area (Å²) in [5.41, 5.74) is 0.300. The Balaban J connectivity index is 1.61. The molecule has 2 saturated heterocycles. The number of nitrogens with zero attached hydrogens (tertiary/aromatic N) is 2. The summed E-state index contributed by atoms with van der Waals surface area (Å²) in [5, 5.41) is 8.34. The van der Waals surface area contributed by atoms with Crippen molar-refractivity contribution in [2.75, 3.05) is 24.7 Å². The van der Waals surface area contributed by atoms with Gasteiger partial charge in [-0.25, -0.2) is 13.4 Å². The zero-order valence-electron chi connectivity index (χ0n) is 15.3. The van der Waals surface area contributed by atoms with Crippen molar-refractivity contribution in [3.8, 4) is 0 Å². The van der Waals surface area contributed by atoms with Gasteiger partial charge in [-0.1, -0.05) is 13.8 Å². The van der Waals surface area contributed by atoms with Crippen LogP contribution in [0.1, 0.15) is 39.5 Å². The highest BCUT2D eigenvalue weighted by Crippen LogP contribution is 2.26. The van der Waals surface area contributed by atoms with Gasteiger partial charge < -0.3 is 10.1 Å². The maximum Gasteiger partial charge on any atom is 0.267 e. The van der Waals surface area contributed by atoms with Gasteiger partial charge in [-0.3, -0.25) is 9.59 Å². The standard InChI is InChI=1S/C17H27N3O5S/c1-11(2)16-12(5-7-25-16)9-18-17(22)14-3-4-15(21)20(19-14)13-6-8-26(23,24)10-13/h11-13,16H,3-10H2,1-2H3,(H,18,22)/t12-,13+,16-/m0/s1. The maximum atomic E-state index is 12.5. The van der Waals surface area contributed by atoms with E-state index >= 15 is 0 Å². The van der Waals surface area contributed by atoms with Crippen molar-refractivity contribution < 1.29 is 22.7 Å². The van der Waals surface area contributed by atoms with Gasteiger partial charge in [-0.2, -0.15) is 5.10 Å². The number of hydrazone groups is 1. The van der Waals surface area contributed by atoms with E-state index in [4.69, 9.17) is 4.74 Å². The minimum absolute atomic E-state index is 0.0662. The SMILES string of the molecule is CC(C)[C@@H]1OCC[C@H]1CNC(=O)C1=NN([C@@H]2CCS(=O)(=O)C2)C(=O)CC1. The number of nitrogens with one attached hydrogen (secondary N) is 1. The summed E-state index contributed by atoms with van der Waals surface area (Å²) in [6, 6.07) is -0.454. The number of amides is 2. The fourth-order valence-electron chi connectivity index (χ4n) is 3.92. The molecule has 0 aromatic rings. The molecule has 0 bridgehead atoms. The Morgan fingerprint density at radius 1 is 1.35 bits per heavy atom. The molecular weight excluding hydrogens is 358 g/mol. The van der Waals surface area contributed by atoms with Crippen molar-refractivity contribution >= 4 is 27.4 Å². The highest BCUT2D eigenvalue weighted by molar-refractivity contribution is 7.91. The number of hydrogen-bond acceptors (Lipinski definition) is 6. The maximum absolute atomic E-state index is 12.5. The summed E-state index contributed by atoms with van der Waals surface area (Å²) in [6.07, 6.45) is 1.91. The second kappa shape index (κ2) is 7.64. The largest absolute Gasteiger partial charge is 0.378 e. The fourth-order valence-corrected chi connectivity index (χ4v) is 5.62. The van der Waals surface area contributed by atoms with Crippen molar-refractivity contribution in [2.24, 2.45) is 16.9 Å². The molecule has 0 unspecified atom stereocenters. The molecule has 3 rings (SSSR count). The average Bonchev–Trinajstić information content (AvgIpc) is 3.19. The number of carbonyl (C=O) groups is 2. The van der Waals surface area contributed by atoms with Gasteiger partial charge in [-0.05, 0) is 18.8 Å². The highest BCUT2D eigenvalue weighted by Gasteiger charge is 2.37. The lowest BCUT2D eigenvalue weighted by Crippen LogP contribution is -2.45. The van der Waals surface area contributed by atoms with E-state index in [0.717, 1.165) is 6.42 Å². The van der Waals surface area contributed by atoms with Crippen LogP contribution in [0.15, 0.2) is 5.10 Å². The first kappa shape index (κ1) is 19.3. The van der Waals surface area contributed by atoms with Crippen LogP contribution in [0.3, 0.4) is 0 Å². The van der Waals surface area contributed by atoms with Crippen LogP contribution in [0.25, 0.3) is 0 Å².